The van der Waals surface area contributed by atoms with Gasteiger partial charge in [0.05, 0.1) is 22.4 Å². The van der Waals surface area contributed by atoms with Gasteiger partial charge in [-0.1, -0.05) is 231 Å². The summed E-state index contributed by atoms with van der Waals surface area (Å²) in [5.41, 5.74) is 7.92. The van der Waals surface area contributed by atoms with Crippen molar-refractivity contribution < 1.29 is 23.2 Å². The highest BCUT2D eigenvalue weighted by molar-refractivity contribution is 9.10. The van der Waals surface area contributed by atoms with Crippen LogP contribution in [0.4, 0.5) is 13.2 Å². The summed E-state index contributed by atoms with van der Waals surface area (Å²) in [5.74, 6) is 0. The maximum atomic E-state index is 12.2. The summed E-state index contributed by atoms with van der Waals surface area (Å²) in [5, 5.41) is 26.9. The van der Waals surface area contributed by atoms with Crippen LogP contribution in [-0.4, -0.2) is 36.7 Å². The standard InChI is InChI=1S/C29H24N2.C22H17BrN2.C7H6BF3O2/c1-23-13-11-12-20-28(23)24-21-30-31(22-24)29(25-14-5-2-6-15-25,26-16-7-3-8-17-26)27-18-9-4-10-19-27;23-21-16-24-25(17-21)22(18-10-4-1-5-11-18,19-12-6-2-7-13-19)20-14-8-3-9-15-20;9-7(10,11)5-3-1-2-4-6(5)8(12)13/h2-22H,1H3;1-17H;1-4,12-13H. The van der Waals surface area contributed by atoms with E-state index in [9.17, 15) is 13.2 Å². The van der Waals surface area contributed by atoms with Crippen molar-refractivity contribution >= 4 is 28.5 Å². The summed E-state index contributed by atoms with van der Waals surface area (Å²) in [4.78, 5) is 0. The predicted molar refractivity (Wildman–Crippen MR) is 273 cm³/mol. The van der Waals surface area contributed by atoms with Crippen LogP contribution in [-0.2, 0) is 17.3 Å². The van der Waals surface area contributed by atoms with Gasteiger partial charge in [-0.05, 0) is 72.8 Å². The first kappa shape index (κ1) is 47.9. The first-order valence-corrected chi connectivity index (χ1v) is 23.0. The lowest BCUT2D eigenvalue weighted by molar-refractivity contribution is -0.136. The Morgan fingerprint density at radius 3 is 1.10 bits per heavy atom. The van der Waals surface area contributed by atoms with E-state index in [1.807, 2.05) is 41.5 Å². The fourth-order valence-corrected chi connectivity index (χ4v) is 9.16. The molecule has 0 bridgehead atoms. The molecule has 0 fully saturated rings. The summed E-state index contributed by atoms with van der Waals surface area (Å²) in [6, 6.07) is 76.3. The van der Waals surface area contributed by atoms with Gasteiger partial charge in [0.1, 0.15) is 11.1 Å². The van der Waals surface area contributed by atoms with Crippen molar-refractivity contribution in [3.63, 3.8) is 0 Å². The molecule has 69 heavy (non-hydrogen) atoms. The number of halogens is 4. The van der Waals surface area contributed by atoms with E-state index in [-0.39, 0.29) is 0 Å². The summed E-state index contributed by atoms with van der Waals surface area (Å²) in [7, 11) is -2.10. The molecular formula is C58H47BBrF3N4O2. The molecule has 10 aromatic rings. The second kappa shape index (κ2) is 21.6. The third kappa shape index (κ3) is 10.2. The van der Waals surface area contributed by atoms with Gasteiger partial charge in [0, 0.05) is 18.0 Å². The molecule has 0 radical (unpaired) electrons. The van der Waals surface area contributed by atoms with Gasteiger partial charge in [-0.3, -0.25) is 9.36 Å². The summed E-state index contributed by atoms with van der Waals surface area (Å²) < 4.78 is 41.7. The summed E-state index contributed by atoms with van der Waals surface area (Å²) >= 11 is 3.56. The minimum absolute atomic E-state index is 0.532. The molecule has 10 rings (SSSR count). The fraction of sp³-hybridized carbons (Fsp3) is 0.0690. The fourth-order valence-electron chi connectivity index (χ4n) is 8.88. The molecule has 0 aliphatic heterocycles. The highest BCUT2D eigenvalue weighted by atomic mass is 79.9. The van der Waals surface area contributed by atoms with Crippen LogP contribution < -0.4 is 5.46 Å². The molecule has 342 valence electrons. The van der Waals surface area contributed by atoms with Gasteiger partial charge in [-0.15, -0.1) is 0 Å². The lowest BCUT2D eigenvalue weighted by atomic mass is 9.77. The highest BCUT2D eigenvalue weighted by Crippen LogP contribution is 2.42. The van der Waals surface area contributed by atoms with Gasteiger partial charge < -0.3 is 10.0 Å². The van der Waals surface area contributed by atoms with E-state index >= 15 is 0 Å². The molecular weight excluding hydrogens is 932 g/mol. The molecule has 0 atom stereocenters. The van der Waals surface area contributed by atoms with E-state index in [1.54, 1.807) is 0 Å². The summed E-state index contributed by atoms with van der Waals surface area (Å²) in [6.07, 6.45) is 3.47. The van der Waals surface area contributed by atoms with Gasteiger partial charge in [0.25, 0.3) is 0 Å². The topological polar surface area (TPSA) is 76.1 Å². The van der Waals surface area contributed by atoms with Gasteiger partial charge in [-0.25, -0.2) is 0 Å². The Labute approximate surface area is 408 Å². The van der Waals surface area contributed by atoms with Crippen molar-refractivity contribution in [2.45, 2.75) is 24.2 Å². The third-order valence-electron chi connectivity index (χ3n) is 12.0. The Hall–Kier alpha value is -7.57. The molecule has 0 aliphatic rings. The number of alkyl halides is 3. The zero-order valence-corrected chi connectivity index (χ0v) is 39.1. The number of benzene rings is 8. The number of rotatable bonds is 10. The van der Waals surface area contributed by atoms with Crippen molar-refractivity contribution in [3.8, 4) is 11.1 Å². The van der Waals surface area contributed by atoms with Crippen LogP contribution in [0.15, 0.2) is 260 Å². The van der Waals surface area contributed by atoms with Crippen LogP contribution in [0.25, 0.3) is 11.1 Å². The Bertz CT molecular complexity index is 2960. The van der Waals surface area contributed by atoms with E-state index < -0.39 is 35.4 Å². The molecule has 6 nitrogen and oxygen atoms in total. The van der Waals surface area contributed by atoms with E-state index in [0.717, 1.165) is 22.2 Å². The summed E-state index contributed by atoms with van der Waals surface area (Å²) in [6.45, 7) is 2.14. The molecule has 2 heterocycles. The van der Waals surface area contributed by atoms with E-state index in [0.29, 0.717) is 0 Å². The normalized spacial score (nSPS) is 11.4. The molecule has 0 aliphatic carbocycles. The SMILES string of the molecule is Brc1cnn(C(c2ccccc2)(c2ccccc2)c2ccccc2)c1.Cc1ccccc1-c1cnn(C(c2ccccc2)(c2ccccc2)c2ccccc2)c1.OB(O)c1ccccc1C(F)(F)F. The Morgan fingerprint density at radius 2 is 0.768 bits per heavy atom. The molecule has 11 heteroatoms. The highest BCUT2D eigenvalue weighted by Gasteiger charge is 2.41. The first-order chi connectivity index (χ1) is 33.5. The van der Waals surface area contributed by atoms with E-state index in [1.165, 1.54) is 56.6 Å². The van der Waals surface area contributed by atoms with Gasteiger partial charge >= 0.3 is 13.3 Å². The maximum absolute atomic E-state index is 12.2. The van der Waals surface area contributed by atoms with Crippen molar-refractivity contribution in [2.24, 2.45) is 0 Å². The number of nitrogens with zero attached hydrogens (tertiary/aromatic N) is 4. The average Bonchev–Trinajstić information content (AvgIpc) is 4.07. The molecule has 2 N–H and O–H groups in total. The van der Waals surface area contributed by atoms with Crippen LogP contribution in [0, 0.1) is 6.92 Å². The zero-order chi connectivity index (χ0) is 48.3. The Morgan fingerprint density at radius 1 is 0.435 bits per heavy atom. The van der Waals surface area contributed by atoms with Crippen molar-refractivity contribution in [2.75, 3.05) is 0 Å². The molecule has 2 aromatic heterocycles. The second-order valence-corrected chi connectivity index (χ2v) is 17.1. The van der Waals surface area contributed by atoms with Crippen LogP contribution in [0.3, 0.4) is 0 Å². The van der Waals surface area contributed by atoms with Crippen LogP contribution in [0.1, 0.15) is 44.5 Å². The molecule has 0 spiro atoms. The molecule has 0 unspecified atom stereocenters. The predicted octanol–water partition coefficient (Wildman–Crippen LogP) is 12.6. The minimum atomic E-state index is -4.56. The maximum Gasteiger partial charge on any atom is 0.489 e. The Balaban J connectivity index is 0.000000151. The van der Waals surface area contributed by atoms with E-state index in [4.69, 9.17) is 15.1 Å². The van der Waals surface area contributed by atoms with E-state index in [2.05, 4.69) is 227 Å². The van der Waals surface area contributed by atoms with Crippen LogP contribution in [0.5, 0.6) is 0 Å². The van der Waals surface area contributed by atoms with Crippen LogP contribution >= 0.6 is 15.9 Å². The van der Waals surface area contributed by atoms with Crippen molar-refractivity contribution in [3.05, 3.63) is 304 Å². The molecule has 0 saturated carbocycles. The smallest absolute Gasteiger partial charge is 0.423 e. The second-order valence-electron chi connectivity index (χ2n) is 16.2. The zero-order valence-electron chi connectivity index (χ0n) is 37.5. The Kier molecular flexibility index (Phi) is 15.0. The minimum Gasteiger partial charge on any atom is -0.423 e. The number of hydrogen-bond acceptors (Lipinski definition) is 4. The molecule has 0 amide bonds. The van der Waals surface area contributed by atoms with Gasteiger partial charge in [0.2, 0.25) is 0 Å². The largest absolute Gasteiger partial charge is 0.489 e. The first-order valence-electron chi connectivity index (χ1n) is 22.2. The monoisotopic (exact) mass is 978 g/mol. The number of aromatic nitrogens is 4. The molecule has 8 aromatic carbocycles. The van der Waals surface area contributed by atoms with Gasteiger partial charge in [-0.2, -0.15) is 23.4 Å². The van der Waals surface area contributed by atoms with Crippen molar-refractivity contribution in [1.82, 2.24) is 19.6 Å². The number of aryl methyl sites for hydroxylation is 1. The van der Waals surface area contributed by atoms with Crippen molar-refractivity contribution in [1.29, 1.82) is 0 Å². The lowest BCUT2D eigenvalue weighted by Gasteiger charge is -2.36. The van der Waals surface area contributed by atoms with Crippen LogP contribution in [0.2, 0.25) is 0 Å². The average molecular weight is 980 g/mol. The number of hydrogen-bond donors (Lipinski definition) is 2. The molecule has 0 saturated heterocycles. The quantitative estimate of drug-likeness (QED) is 0.106. The lowest BCUT2D eigenvalue weighted by Crippen LogP contribution is -2.38. The van der Waals surface area contributed by atoms with Gasteiger partial charge in [0.15, 0.2) is 0 Å². The third-order valence-corrected chi connectivity index (χ3v) is 12.4.